The minimum Gasteiger partial charge on any atom is -0.490 e. The van der Waals surface area contributed by atoms with Crippen molar-refractivity contribution in [1.29, 1.82) is 0 Å². The third-order valence-electron chi connectivity index (χ3n) is 6.67. The van der Waals surface area contributed by atoms with Crippen LogP contribution < -0.4 is 14.8 Å². The number of hydrogen-bond donors (Lipinski definition) is 2. The molecule has 1 aliphatic heterocycles. The molecule has 1 atom stereocenters. The molecule has 5 rings (SSSR count). The second-order valence-corrected chi connectivity index (χ2v) is 10.8. The van der Waals surface area contributed by atoms with Crippen LogP contribution in [0.15, 0.2) is 35.2 Å². The molecule has 1 saturated carbocycles. The van der Waals surface area contributed by atoms with Gasteiger partial charge >= 0.3 is 0 Å². The van der Waals surface area contributed by atoms with E-state index in [-0.39, 0.29) is 35.6 Å². The number of hydrogen-bond acceptors (Lipinski definition) is 6. The summed E-state index contributed by atoms with van der Waals surface area (Å²) in [6.07, 6.45) is 2.52. The van der Waals surface area contributed by atoms with E-state index in [0.29, 0.717) is 18.9 Å². The molecule has 7 nitrogen and oxygen atoms in total. The van der Waals surface area contributed by atoms with E-state index < -0.39 is 26.2 Å². The quantitative estimate of drug-likeness (QED) is 0.640. The first-order valence-corrected chi connectivity index (χ1v) is 12.8. The van der Waals surface area contributed by atoms with Gasteiger partial charge in [0.25, 0.3) is 10.0 Å². The van der Waals surface area contributed by atoms with E-state index in [0.717, 1.165) is 49.1 Å². The van der Waals surface area contributed by atoms with Gasteiger partial charge in [-0.25, -0.2) is 12.8 Å². The number of fused-ring (bicyclic) bond motifs is 2. The number of sulfonamides is 1. The fraction of sp³-hybridized carbons (Fsp3) is 0.435. The van der Waals surface area contributed by atoms with E-state index in [9.17, 15) is 17.6 Å². The van der Waals surface area contributed by atoms with Crippen LogP contribution in [0.5, 0.6) is 5.75 Å². The van der Waals surface area contributed by atoms with Gasteiger partial charge in [0.2, 0.25) is 0 Å². The van der Waals surface area contributed by atoms with Crippen LogP contribution in [0.1, 0.15) is 30.4 Å². The molecule has 2 fully saturated rings. The molecular formula is C23H24ClFN2O5S. The molecule has 1 unspecified atom stereocenters. The first-order valence-electron chi connectivity index (χ1n) is 10.9. The Balaban J connectivity index is 1.49. The summed E-state index contributed by atoms with van der Waals surface area (Å²) in [6.45, 7) is 2.28. The molecule has 33 heavy (non-hydrogen) atoms. The van der Waals surface area contributed by atoms with Gasteiger partial charge in [0.15, 0.2) is 0 Å². The van der Waals surface area contributed by atoms with Crippen molar-refractivity contribution in [2.75, 3.05) is 31.0 Å². The Kier molecular flexibility index (Phi) is 5.84. The summed E-state index contributed by atoms with van der Waals surface area (Å²) in [4.78, 5) is 12.4. The predicted molar refractivity (Wildman–Crippen MR) is 121 cm³/mol. The smallest absolute Gasteiger partial charge is 0.264 e. The van der Waals surface area contributed by atoms with Crippen molar-refractivity contribution in [2.24, 2.45) is 0 Å². The van der Waals surface area contributed by atoms with Gasteiger partial charge in [-0.2, -0.15) is 0 Å². The third kappa shape index (κ3) is 4.12. The number of anilines is 1. The van der Waals surface area contributed by atoms with Crippen molar-refractivity contribution in [3.63, 3.8) is 0 Å². The van der Waals surface area contributed by atoms with Gasteiger partial charge < -0.3 is 14.8 Å². The monoisotopic (exact) mass is 494 g/mol. The molecule has 176 valence electrons. The lowest BCUT2D eigenvalue weighted by molar-refractivity contribution is -0.125. The first-order chi connectivity index (χ1) is 15.8. The number of rotatable bonds is 6. The summed E-state index contributed by atoms with van der Waals surface area (Å²) >= 11 is 5.76. The van der Waals surface area contributed by atoms with Gasteiger partial charge in [0.05, 0.1) is 17.7 Å². The highest BCUT2D eigenvalue weighted by molar-refractivity contribution is 7.92. The van der Waals surface area contributed by atoms with Crippen molar-refractivity contribution in [2.45, 2.75) is 42.1 Å². The molecule has 1 spiro atoms. The maximum Gasteiger partial charge on any atom is 0.264 e. The highest BCUT2D eigenvalue weighted by Crippen LogP contribution is 2.53. The number of ether oxygens (including phenoxy) is 2. The number of nitrogens with one attached hydrogen (secondary N) is 2. The minimum absolute atomic E-state index is 0.101. The highest BCUT2D eigenvalue weighted by Gasteiger charge is 2.51. The van der Waals surface area contributed by atoms with Crippen LogP contribution in [0.4, 0.5) is 10.1 Å². The molecule has 2 aromatic carbocycles. The topological polar surface area (TPSA) is 93.7 Å². The molecule has 1 saturated heterocycles. The second-order valence-electron chi connectivity index (χ2n) is 8.72. The van der Waals surface area contributed by atoms with Gasteiger partial charge in [-0.1, -0.05) is 18.0 Å². The van der Waals surface area contributed by atoms with Gasteiger partial charge in [0, 0.05) is 36.2 Å². The summed E-state index contributed by atoms with van der Waals surface area (Å²) in [6, 6.07) is 6.64. The molecule has 0 radical (unpaired) electrons. The number of morpholine rings is 1. The van der Waals surface area contributed by atoms with Crippen LogP contribution in [0.25, 0.3) is 0 Å². The Bertz CT molecular complexity index is 1210. The van der Waals surface area contributed by atoms with Crippen molar-refractivity contribution in [3.05, 3.63) is 52.3 Å². The van der Waals surface area contributed by atoms with Crippen molar-refractivity contribution in [1.82, 2.24) is 5.32 Å². The van der Waals surface area contributed by atoms with E-state index in [1.807, 2.05) is 0 Å². The summed E-state index contributed by atoms with van der Waals surface area (Å²) < 4.78 is 54.4. The molecule has 0 amide bonds. The van der Waals surface area contributed by atoms with Gasteiger partial charge in [0.1, 0.15) is 35.0 Å². The maximum absolute atomic E-state index is 14.3. The standard InChI is InChI=1S/C23H24ClFN2O5S/c24-14-2-3-21(19(25)8-14)33(29,30)27-15-9-18-17(11-22(28)23(18)4-1-5-23)20(10-15)32-13-16-12-26-6-7-31-16/h2-3,8-10,16,26-27H,1,4-7,11-13H2. The molecule has 3 aliphatic rings. The Morgan fingerprint density at radius 3 is 2.76 bits per heavy atom. The first kappa shape index (κ1) is 22.6. The SMILES string of the molecule is O=C1Cc2c(OCC3CNCCO3)cc(NS(=O)(=O)c3ccc(Cl)cc3F)cc2C12CCC2. The average molecular weight is 495 g/mol. The molecule has 1 heterocycles. The summed E-state index contributed by atoms with van der Waals surface area (Å²) in [7, 11) is -4.23. The van der Waals surface area contributed by atoms with Crippen molar-refractivity contribution < 1.29 is 27.1 Å². The van der Waals surface area contributed by atoms with Crippen LogP contribution in [0.2, 0.25) is 5.02 Å². The van der Waals surface area contributed by atoms with E-state index in [2.05, 4.69) is 10.0 Å². The number of Topliss-reactive ketones (excluding diaryl/α,β-unsaturated/α-hetero) is 1. The minimum atomic E-state index is -4.23. The van der Waals surface area contributed by atoms with E-state index in [4.69, 9.17) is 21.1 Å². The Hall–Kier alpha value is -2.20. The van der Waals surface area contributed by atoms with Crippen molar-refractivity contribution in [3.8, 4) is 5.75 Å². The Morgan fingerprint density at radius 1 is 1.27 bits per heavy atom. The predicted octanol–water partition coefficient (Wildman–Crippen LogP) is 3.19. The van der Waals surface area contributed by atoms with Gasteiger partial charge in [-0.05, 0) is 42.7 Å². The molecule has 0 aromatic heterocycles. The number of benzene rings is 2. The normalized spacial score (nSPS) is 21.5. The molecule has 0 bridgehead atoms. The molecule has 2 aromatic rings. The zero-order valence-corrected chi connectivity index (χ0v) is 19.4. The van der Waals surface area contributed by atoms with E-state index >= 15 is 0 Å². The number of halogens is 2. The summed E-state index contributed by atoms with van der Waals surface area (Å²) in [5.41, 5.74) is 1.24. The lowest BCUT2D eigenvalue weighted by Gasteiger charge is -2.37. The zero-order valence-electron chi connectivity index (χ0n) is 17.8. The number of carbonyl (C=O) groups excluding carboxylic acids is 1. The van der Waals surface area contributed by atoms with Crippen LogP contribution in [0.3, 0.4) is 0 Å². The maximum atomic E-state index is 14.3. The average Bonchev–Trinajstić information content (AvgIpc) is 3.04. The molecule has 2 aliphatic carbocycles. The number of ketones is 1. The van der Waals surface area contributed by atoms with Crippen LogP contribution in [0, 0.1) is 5.82 Å². The van der Waals surface area contributed by atoms with Crippen molar-refractivity contribution >= 4 is 33.1 Å². The zero-order chi connectivity index (χ0) is 23.2. The fourth-order valence-corrected chi connectivity index (χ4v) is 6.07. The van der Waals surface area contributed by atoms with Gasteiger partial charge in [-0.3, -0.25) is 9.52 Å². The van der Waals surface area contributed by atoms with Crippen LogP contribution in [-0.2, 0) is 31.4 Å². The molecular weight excluding hydrogens is 471 g/mol. The Labute approximate surface area is 196 Å². The number of carbonyl (C=O) groups is 1. The van der Waals surface area contributed by atoms with Crippen LogP contribution >= 0.6 is 11.6 Å². The lowest BCUT2D eigenvalue weighted by Crippen LogP contribution is -2.41. The van der Waals surface area contributed by atoms with Gasteiger partial charge in [-0.15, -0.1) is 0 Å². The second kappa shape index (κ2) is 8.54. The lowest BCUT2D eigenvalue weighted by atomic mass is 9.64. The summed E-state index contributed by atoms with van der Waals surface area (Å²) in [5.74, 6) is -0.360. The highest BCUT2D eigenvalue weighted by atomic mass is 35.5. The van der Waals surface area contributed by atoms with E-state index in [1.54, 1.807) is 12.1 Å². The van der Waals surface area contributed by atoms with E-state index in [1.165, 1.54) is 6.07 Å². The fourth-order valence-electron chi connectivity index (χ4n) is 4.81. The van der Waals surface area contributed by atoms with Crippen LogP contribution in [-0.4, -0.2) is 46.6 Å². The Morgan fingerprint density at radius 2 is 2.09 bits per heavy atom. The largest absolute Gasteiger partial charge is 0.490 e. The summed E-state index contributed by atoms with van der Waals surface area (Å²) in [5, 5.41) is 3.34. The third-order valence-corrected chi connectivity index (χ3v) is 8.32. The molecule has 10 heteroatoms. The molecule has 2 N–H and O–H groups in total.